The van der Waals surface area contributed by atoms with E-state index in [1.54, 1.807) is 6.07 Å². The molecule has 0 radical (unpaired) electrons. The van der Waals surface area contributed by atoms with Crippen molar-refractivity contribution < 1.29 is 14.4 Å². The second-order valence-corrected chi connectivity index (χ2v) is 5.24. The summed E-state index contributed by atoms with van der Waals surface area (Å²) in [4.78, 5) is 36.1. The molecule has 1 aromatic carbocycles. The molecular weight excluding hydrogens is 230 g/mol. The number of imide groups is 1. The number of benzene rings is 1. The second-order valence-electron chi connectivity index (χ2n) is 5.24. The van der Waals surface area contributed by atoms with E-state index in [1.165, 1.54) is 0 Å². The minimum absolute atomic E-state index is 0.117. The molecule has 3 atom stereocenters. The Labute approximate surface area is 103 Å². The molecule has 2 aliphatic carbocycles. The minimum atomic E-state index is -0.677. The van der Waals surface area contributed by atoms with Crippen LogP contribution >= 0.6 is 0 Å². The zero-order valence-corrected chi connectivity index (χ0v) is 9.60. The van der Waals surface area contributed by atoms with Crippen LogP contribution in [0, 0.1) is 11.8 Å². The van der Waals surface area contributed by atoms with E-state index in [0.29, 0.717) is 5.56 Å². The molecule has 0 aromatic heterocycles. The third kappa shape index (κ3) is 0.991. The smallest absolute Gasteiger partial charge is 0.238 e. The summed E-state index contributed by atoms with van der Waals surface area (Å²) >= 11 is 0. The zero-order chi connectivity index (χ0) is 12.4. The van der Waals surface area contributed by atoms with Gasteiger partial charge in [-0.1, -0.05) is 18.2 Å². The lowest BCUT2D eigenvalue weighted by Gasteiger charge is -2.35. The van der Waals surface area contributed by atoms with Crippen LogP contribution in [0.1, 0.15) is 33.8 Å². The van der Waals surface area contributed by atoms with Gasteiger partial charge in [0.1, 0.15) is 5.92 Å². The highest BCUT2D eigenvalue weighted by Gasteiger charge is 2.55. The van der Waals surface area contributed by atoms with Crippen molar-refractivity contribution in [1.29, 1.82) is 0 Å². The van der Waals surface area contributed by atoms with Crippen LogP contribution in [0.2, 0.25) is 0 Å². The Bertz CT molecular complexity index is 619. The van der Waals surface area contributed by atoms with Crippen LogP contribution in [0.4, 0.5) is 0 Å². The van der Waals surface area contributed by atoms with Gasteiger partial charge in [-0.25, -0.2) is 0 Å². The van der Waals surface area contributed by atoms with Crippen LogP contribution in [-0.4, -0.2) is 17.6 Å². The molecule has 3 aliphatic rings. The molecule has 4 rings (SSSR count). The van der Waals surface area contributed by atoms with Gasteiger partial charge in [0.25, 0.3) is 0 Å². The van der Waals surface area contributed by atoms with Crippen molar-refractivity contribution in [2.24, 2.45) is 11.8 Å². The minimum Gasteiger partial charge on any atom is -0.296 e. The molecule has 1 aromatic rings. The van der Waals surface area contributed by atoms with Gasteiger partial charge in [0.15, 0.2) is 5.78 Å². The molecule has 0 saturated carbocycles. The number of carbonyl (C=O) groups excluding carboxylic acids is 3. The lowest BCUT2D eigenvalue weighted by atomic mass is 9.70. The summed E-state index contributed by atoms with van der Waals surface area (Å²) in [5.74, 6) is -1.85. The summed E-state index contributed by atoms with van der Waals surface area (Å²) in [6.07, 6.45) is 1.54. The number of amides is 2. The number of hydrogen-bond acceptors (Lipinski definition) is 3. The van der Waals surface area contributed by atoms with Crippen molar-refractivity contribution in [3.8, 4) is 0 Å². The van der Waals surface area contributed by atoms with Gasteiger partial charge in [-0.2, -0.15) is 0 Å². The Morgan fingerprint density at radius 2 is 1.94 bits per heavy atom. The van der Waals surface area contributed by atoms with E-state index in [4.69, 9.17) is 0 Å². The molecular formula is C14H11NO3. The van der Waals surface area contributed by atoms with Gasteiger partial charge in [0.2, 0.25) is 11.8 Å². The number of carbonyl (C=O) groups is 3. The highest BCUT2D eigenvalue weighted by molar-refractivity contribution is 6.19. The van der Waals surface area contributed by atoms with E-state index in [1.807, 2.05) is 12.1 Å². The normalized spacial score (nSPS) is 32.2. The number of rotatable bonds is 0. The first kappa shape index (κ1) is 10.00. The predicted molar refractivity (Wildman–Crippen MR) is 62.0 cm³/mol. The van der Waals surface area contributed by atoms with Crippen molar-refractivity contribution in [3.05, 3.63) is 34.9 Å². The molecule has 1 saturated heterocycles. The van der Waals surface area contributed by atoms with E-state index < -0.39 is 11.8 Å². The molecule has 1 N–H and O–H groups in total. The molecule has 0 bridgehead atoms. The van der Waals surface area contributed by atoms with Crippen molar-refractivity contribution in [2.75, 3.05) is 0 Å². The van der Waals surface area contributed by atoms with Crippen LogP contribution in [0.5, 0.6) is 0 Å². The number of Topliss-reactive ketones (excluding diaryl/α,β-unsaturated/α-hetero) is 1. The molecule has 4 heteroatoms. The summed E-state index contributed by atoms with van der Waals surface area (Å²) in [7, 11) is 0. The summed E-state index contributed by atoms with van der Waals surface area (Å²) in [5.41, 5.74) is 2.75. The van der Waals surface area contributed by atoms with E-state index in [2.05, 4.69) is 5.32 Å². The fourth-order valence-corrected chi connectivity index (χ4v) is 3.73. The lowest BCUT2D eigenvalue weighted by Crippen LogP contribution is -2.51. The highest BCUT2D eigenvalue weighted by Crippen LogP contribution is 2.50. The Kier molecular flexibility index (Phi) is 1.71. The van der Waals surface area contributed by atoms with E-state index in [0.717, 1.165) is 24.0 Å². The van der Waals surface area contributed by atoms with Gasteiger partial charge in [-0.15, -0.1) is 0 Å². The summed E-state index contributed by atoms with van der Waals surface area (Å²) in [6, 6.07) is 5.64. The predicted octanol–water partition coefficient (Wildman–Crippen LogP) is 0.801. The van der Waals surface area contributed by atoms with E-state index in [9.17, 15) is 14.4 Å². The summed E-state index contributed by atoms with van der Waals surface area (Å²) in [5, 5.41) is 2.35. The maximum absolute atomic E-state index is 12.3. The Balaban J connectivity index is 2.01. The average Bonchev–Trinajstić information content (AvgIpc) is 2.66. The first-order chi connectivity index (χ1) is 8.68. The molecule has 18 heavy (non-hydrogen) atoms. The van der Waals surface area contributed by atoms with E-state index >= 15 is 0 Å². The Morgan fingerprint density at radius 3 is 2.78 bits per heavy atom. The maximum atomic E-state index is 12.3. The topological polar surface area (TPSA) is 63.2 Å². The van der Waals surface area contributed by atoms with Crippen molar-refractivity contribution >= 4 is 17.6 Å². The van der Waals surface area contributed by atoms with Crippen molar-refractivity contribution in [1.82, 2.24) is 5.32 Å². The zero-order valence-electron chi connectivity index (χ0n) is 9.60. The standard InChI is InChI=1S/C14H11NO3/c16-12-7-3-1-2-6-4-5-8-10(9(6)7)11(12)14(18)15-13(8)17/h1-3,8,10-11H,4-5H2,(H,15,17,18). The van der Waals surface area contributed by atoms with Crippen LogP contribution in [0.25, 0.3) is 0 Å². The van der Waals surface area contributed by atoms with Gasteiger partial charge < -0.3 is 0 Å². The molecule has 90 valence electrons. The maximum Gasteiger partial charge on any atom is 0.238 e. The number of hydrogen-bond donors (Lipinski definition) is 1. The number of nitrogens with one attached hydrogen (secondary N) is 1. The third-order valence-corrected chi connectivity index (χ3v) is 4.46. The number of ketones is 1. The van der Waals surface area contributed by atoms with Gasteiger partial charge in [0.05, 0.1) is 0 Å². The third-order valence-electron chi connectivity index (χ3n) is 4.46. The fraction of sp³-hybridized carbons (Fsp3) is 0.357. The van der Waals surface area contributed by atoms with Crippen LogP contribution in [0.3, 0.4) is 0 Å². The molecule has 0 spiro atoms. The SMILES string of the molecule is O=C1NC(=O)C2C(=O)c3cccc4c3C2C1CC4. The highest BCUT2D eigenvalue weighted by atomic mass is 16.2. The summed E-state index contributed by atoms with van der Waals surface area (Å²) in [6.45, 7) is 0. The van der Waals surface area contributed by atoms with Crippen LogP contribution in [-0.2, 0) is 16.0 Å². The van der Waals surface area contributed by atoms with E-state index in [-0.39, 0.29) is 23.5 Å². The second kappa shape index (κ2) is 3.07. The quantitative estimate of drug-likeness (QED) is 0.540. The molecule has 4 nitrogen and oxygen atoms in total. The Morgan fingerprint density at radius 1 is 1.11 bits per heavy atom. The van der Waals surface area contributed by atoms with Crippen molar-refractivity contribution in [2.45, 2.75) is 18.8 Å². The number of aryl methyl sites for hydroxylation is 1. The van der Waals surface area contributed by atoms with Gasteiger partial charge in [-0.05, 0) is 24.0 Å². The fourth-order valence-electron chi connectivity index (χ4n) is 3.73. The average molecular weight is 241 g/mol. The molecule has 1 aliphatic heterocycles. The van der Waals surface area contributed by atoms with Gasteiger partial charge >= 0.3 is 0 Å². The first-order valence-corrected chi connectivity index (χ1v) is 6.19. The molecule has 3 unspecified atom stereocenters. The molecule has 1 fully saturated rings. The van der Waals surface area contributed by atoms with Gasteiger partial charge in [0, 0.05) is 17.4 Å². The Hall–Kier alpha value is -1.97. The largest absolute Gasteiger partial charge is 0.296 e. The number of piperidine rings is 1. The van der Waals surface area contributed by atoms with Gasteiger partial charge in [-0.3, -0.25) is 19.7 Å². The lowest BCUT2D eigenvalue weighted by molar-refractivity contribution is -0.139. The molecule has 2 amide bonds. The van der Waals surface area contributed by atoms with Crippen LogP contribution in [0.15, 0.2) is 18.2 Å². The first-order valence-electron chi connectivity index (χ1n) is 6.19. The monoisotopic (exact) mass is 241 g/mol. The van der Waals surface area contributed by atoms with Crippen LogP contribution < -0.4 is 5.32 Å². The molecule has 1 heterocycles. The summed E-state index contributed by atoms with van der Waals surface area (Å²) < 4.78 is 0. The van der Waals surface area contributed by atoms with Crippen molar-refractivity contribution in [3.63, 3.8) is 0 Å².